The van der Waals surface area contributed by atoms with E-state index in [1.54, 1.807) is 0 Å². The molecule has 0 bridgehead atoms. The predicted molar refractivity (Wildman–Crippen MR) is 71.9 cm³/mol. The molecule has 0 aliphatic carbocycles. The SMILES string of the molecule is NNc1cnc(C(=O)Nc2c(F)cc(F)cc2Br)cn1. The molecule has 0 fully saturated rings. The Labute approximate surface area is 120 Å². The number of carbonyl (C=O) groups is 1. The maximum atomic E-state index is 13.6. The fraction of sp³-hybridized carbons (Fsp3) is 0. The molecule has 1 amide bonds. The van der Waals surface area contributed by atoms with Crippen molar-refractivity contribution in [2.45, 2.75) is 0 Å². The molecular formula is C11H8BrF2N5O. The molecule has 2 rings (SSSR count). The minimum absolute atomic E-state index is 0.0420. The Morgan fingerprint density at radius 1 is 1.25 bits per heavy atom. The lowest BCUT2D eigenvalue weighted by Gasteiger charge is -2.08. The number of rotatable bonds is 3. The molecular weight excluding hydrogens is 336 g/mol. The summed E-state index contributed by atoms with van der Waals surface area (Å²) in [6.07, 6.45) is 2.41. The lowest BCUT2D eigenvalue weighted by Crippen LogP contribution is -2.16. The Morgan fingerprint density at radius 3 is 2.55 bits per heavy atom. The first-order valence-electron chi connectivity index (χ1n) is 5.26. The summed E-state index contributed by atoms with van der Waals surface area (Å²) < 4.78 is 26.6. The van der Waals surface area contributed by atoms with E-state index in [-0.39, 0.29) is 21.7 Å². The number of hydrogen-bond donors (Lipinski definition) is 3. The van der Waals surface area contributed by atoms with Crippen molar-refractivity contribution in [3.05, 3.63) is 46.3 Å². The first-order chi connectivity index (χ1) is 9.51. The minimum atomic E-state index is -0.904. The van der Waals surface area contributed by atoms with Crippen LogP contribution in [0.25, 0.3) is 0 Å². The zero-order chi connectivity index (χ0) is 14.7. The molecule has 4 N–H and O–H groups in total. The Balaban J connectivity index is 2.23. The summed E-state index contributed by atoms with van der Waals surface area (Å²) in [6, 6.07) is 1.69. The third-order valence-corrected chi connectivity index (χ3v) is 2.90. The van der Waals surface area contributed by atoms with Crippen LogP contribution in [0.1, 0.15) is 10.5 Å². The summed E-state index contributed by atoms with van der Waals surface area (Å²) in [5, 5.41) is 2.28. The lowest BCUT2D eigenvalue weighted by molar-refractivity contribution is 0.102. The standard InChI is InChI=1S/C11H8BrF2N5O/c12-6-1-5(13)2-7(14)10(6)18-11(20)8-3-17-9(19-15)4-16-8/h1-4H,15H2,(H,17,19)(H,18,20). The molecule has 0 saturated carbocycles. The summed E-state index contributed by atoms with van der Waals surface area (Å²) in [5.41, 5.74) is 2.03. The molecule has 0 aliphatic rings. The quantitative estimate of drug-likeness (QED) is 0.585. The third kappa shape index (κ3) is 3.06. The van der Waals surface area contributed by atoms with Gasteiger partial charge in [-0.2, -0.15) is 0 Å². The number of nitrogens with two attached hydrogens (primary N) is 1. The van der Waals surface area contributed by atoms with Gasteiger partial charge in [0.2, 0.25) is 0 Å². The number of aromatic nitrogens is 2. The smallest absolute Gasteiger partial charge is 0.275 e. The molecule has 1 heterocycles. The van der Waals surface area contributed by atoms with Gasteiger partial charge in [-0.3, -0.25) is 4.79 Å². The monoisotopic (exact) mass is 343 g/mol. The van der Waals surface area contributed by atoms with Gasteiger partial charge in [0.25, 0.3) is 5.91 Å². The Hall–Kier alpha value is -2.13. The number of amides is 1. The second-order valence-corrected chi connectivity index (χ2v) is 4.48. The van der Waals surface area contributed by atoms with Crippen molar-refractivity contribution in [2.75, 3.05) is 10.7 Å². The fourth-order valence-electron chi connectivity index (χ4n) is 1.36. The van der Waals surface area contributed by atoms with Gasteiger partial charge in [0, 0.05) is 10.5 Å². The molecule has 9 heteroatoms. The van der Waals surface area contributed by atoms with E-state index in [0.29, 0.717) is 6.07 Å². The molecule has 104 valence electrons. The van der Waals surface area contributed by atoms with Crippen LogP contribution in [0, 0.1) is 11.6 Å². The third-order valence-electron chi connectivity index (χ3n) is 2.28. The molecule has 2 aromatic rings. The van der Waals surface area contributed by atoms with Crippen LogP contribution in [-0.2, 0) is 0 Å². The van der Waals surface area contributed by atoms with Crippen molar-refractivity contribution in [1.82, 2.24) is 9.97 Å². The maximum Gasteiger partial charge on any atom is 0.275 e. The molecule has 0 aliphatic heterocycles. The number of anilines is 2. The zero-order valence-corrected chi connectivity index (χ0v) is 11.4. The summed E-state index contributed by atoms with van der Waals surface area (Å²) in [4.78, 5) is 19.4. The predicted octanol–water partition coefficient (Wildman–Crippen LogP) is 2.06. The molecule has 1 aromatic heterocycles. The summed E-state index contributed by atoms with van der Waals surface area (Å²) in [7, 11) is 0. The topological polar surface area (TPSA) is 92.9 Å². The second kappa shape index (κ2) is 5.88. The maximum absolute atomic E-state index is 13.6. The summed E-state index contributed by atoms with van der Waals surface area (Å²) in [5.74, 6) is 3.03. The highest BCUT2D eigenvalue weighted by atomic mass is 79.9. The van der Waals surface area contributed by atoms with Crippen LogP contribution in [0.2, 0.25) is 0 Å². The van der Waals surface area contributed by atoms with Gasteiger partial charge in [-0.25, -0.2) is 24.6 Å². The summed E-state index contributed by atoms with van der Waals surface area (Å²) >= 11 is 2.96. The van der Waals surface area contributed by atoms with Crippen LogP contribution < -0.4 is 16.6 Å². The van der Waals surface area contributed by atoms with Gasteiger partial charge in [0.05, 0.1) is 18.1 Å². The number of nitrogens with one attached hydrogen (secondary N) is 2. The molecule has 0 atom stereocenters. The highest BCUT2D eigenvalue weighted by molar-refractivity contribution is 9.10. The Bertz CT molecular complexity index is 627. The van der Waals surface area contributed by atoms with Gasteiger partial charge >= 0.3 is 0 Å². The van der Waals surface area contributed by atoms with Crippen LogP contribution in [0.5, 0.6) is 0 Å². The molecule has 6 nitrogen and oxygen atoms in total. The molecule has 0 unspecified atom stereocenters. The number of carbonyl (C=O) groups excluding carboxylic acids is 1. The fourth-order valence-corrected chi connectivity index (χ4v) is 1.87. The van der Waals surface area contributed by atoms with E-state index in [4.69, 9.17) is 5.84 Å². The van der Waals surface area contributed by atoms with Crippen molar-refractivity contribution >= 4 is 33.3 Å². The first kappa shape index (κ1) is 14.3. The number of hydrazine groups is 1. The van der Waals surface area contributed by atoms with Gasteiger partial charge in [-0.1, -0.05) is 0 Å². The van der Waals surface area contributed by atoms with Crippen LogP contribution in [0.4, 0.5) is 20.3 Å². The first-order valence-corrected chi connectivity index (χ1v) is 6.05. The van der Waals surface area contributed by atoms with E-state index in [2.05, 4.69) is 36.6 Å². The van der Waals surface area contributed by atoms with E-state index in [1.807, 2.05) is 0 Å². The van der Waals surface area contributed by atoms with E-state index in [0.717, 1.165) is 6.07 Å². The van der Waals surface area contributed by atoms with Gasteiger partial charge in [-0.15, -0.1) is 0 Å². The Morgan fingerprint density at radius 2 is 2.00 bits per heavy atom. The highest BCUT2D eigenvalue weighted by Gasteiger charge is 2.15. The average molecular weight is 344 g/mol. The number of benzene rings is 1. The lowest BCUT2D eigenvalue weighted by atomic mass is 10.3. The largest absolute Gasteiger partial charge is 0.317 e. The van der Waals surface area contributed by atoms with Crippen molar-refractivity contribution < 1.29 is 13.6 Å². The van der Waals surface area contributed by atoms with Crippen molar-refractivity contribution in [1.29, 1.82) is 0 Å². The van der Waals surface area contributed by atoms with Crippen molar-refractivity contribution in [2.24, 2.45) is 5.84 Å². The van der Waals surface area contributed by atoms with Gasteiger partial charge < -0.3 is 10.7 Å². The van der Waals surface area contributed by atoms with E-state index >= 15 is 0 Å². The minimum Gasteiger partial charge on any atom is -0.317 e. The molecule has 20 heavy (non-hydrogen) atoms. The van der Waals surface area contributed by atoms with Crippen molar-refractivity contribution in [3.8, 4) is 0 Å². The zero-order valence-electron chi connectivity index (χ0n) is 9.82. The van der Waals surface area contributed by atoms with Crippen LogP contribution >= 0.6 is 15.9 Å². The van der Waals surface area contributed by atoms with E-state index < -0.39 is 17.5 Å². The van der Waals surface area contributed by atoms with Gasteiger partial charge in [0.1, 0.15) is 11.5 Å². The summed E-state index contributed by atoms with van der Waals surface area (Å²) in [6.45, 7) is 0. The van der Waals surface area contributed by atoms with Crippen LogP contribution in [0.15, 0.2) is 29.0 Å². The molecule has 0 saturated heterocycles. The molecule has 1 aromatic carbocycles. The normalized spacial score (nSPS) is 10.2. The van der Waals surface area contributed by atoms with Gasteiger partial charge in [-0.05, 0) is 22.0 Å². The highest BCUT2D eigenvalue weighted by Crippen LogP contribution is 2.27. The van der Waals surface area contributed by atoms with E-state index in [9.17, 15) is 13.6 Å². The average Bonchev–Trinajstić information content (AvgIpc) is 2.42. The molecule has 0 spiro atoms. The van der Waals surface area contributed by atoms with Gasteiger partial charge in [0.15, 0.2) is 11.6 Å². The van der Waals surface area contributed by atoms with Crippen molar-refractivity contribution in [3.63, 3.8) is 0 Å². The molecule has 0 radical (unpaired) electrons. The second-order valence-electron chi connectivity index (χ2n) is 3.63. The Kier molecular flexibility index (Phi) is 4.20. The number of nitrogen functional groups attached to an aromatic ring is 1. The van der Waals surface area contributed by atoms with Crippen LogP contribution in [0.3, 0.4) is 0 Å². The van der Waals surface area contributed by atoms with Crippen LogP contribution in [-0.4, -0.2) is 15.9 Å². The number of halogens is 3. The number of nitrogens with zero attached hydrogens (tertiary/aromatic N) is 2. The number of hydrogen-bond acceptors (Lipinski definition) is 5. The van der Waals surface area contributed by atoms with E-state index in [1.165, 1.54) is 12.4 Å².